The Bertz CT molecular complexity index is 551. The van der Waals surface area contributed by atoms with Crippen LogP contribution in [-0.2, 0) is 4.79 Å². The van der Waals surface area contributed by atoms with E-state index in [4.69, 9.17) is 5.11 Å². The molecular formula is C22H34O2. The molecule has 134 valence electrons. The molecule has 0 atom stereocenters. The number of allylic oxidation sites excluding steroid dienone is 9. The van der Waals surface area contributed by atoms with Crippen LogP contribution in [0.4, 0.5) is 0 Å². The van der Waals surface area contributed by atoms with E-state index in [0.29, 0.717) is 12.0 Å². The number of carbonyl (C=O) groups is 1. The second-order valence-corrected chi connectivity index (χ2v) is 6.60. The first-order chi connectivity index (χ1) is 11.3. The van der Waals surface area contributed by atoms with Crippen molar-refractivity contribution in [2.75, 3.05) is 0 Å². The van der Waals surface area contributed by atoms with Gasteiger partial charge in [0.1, 0.15) is 0 Å². The van der Waals surface area contributed by atoms with Gasteiger partial charge in [0.05, 0.1) is 0 Å². The minimum atomic E-state index is -0.825. The number of rotatable bonds is 10. The first kappa shape index (κ1) is 22.2. The predicted molar refractivity (Wildman–Crippen MR) is 105 cm³/mol. The quantitative estimate of drug-likeness (QED) is 0.272. The lowest BCUT2D eigenvalue weighted by atomic mass is 10.1. The van der Waals surface area contributed by atoms with Crippen LogP contribution in [0.5, 0.6) is 0 Å². The third kappa shape index (κ3) is 10.8. The lowest BCUT2D eigenvalue weighted by Crippen LogP contribution is -2.01. The van der Waals surface area contributed by atoms with Gasteiger partial charge in [-0.15, -0.1) is 0 Å². The molecule has 2 nitrogen and oxygen atoms in total. The van der Waals surface area contributed by atoms with Gasteiger partial charge in [-0.1, -0.05) is 54.0 Å². The van der Waals surface area contributed by atoms with Gasteiger partial charge in [-0.2, -0.15) is 0 Å². The summed E-state index contributed by atoms with van der Waals surface area (Å²) in [5.74, 6) is -0.825. The fourth-order valence-corrected chi connectivity index (χ4v) is 2.38. The molecule has 0 heterocycles. The molecule has 0 spiro atoms. The van der Waals surface area contributed by atoms with E-state index in [-0.39, 0.29) is 0 Å². The van der Waals surface area contributed by atoms with E-state index in [9.17, 15) is 4.79 Å². The second-order valence-electron chi connectivity index (χ2n) is 6.60. The summed E-state index contributed by atoms with van der Waals surface area (Å²) in [6.45, 7) is 12.3. The van der Waals surface area contributed by atoms with Crippen LogP contribution in [0, 0.1) is 0 Å². The van der Waals surface area contributed by atoms with Crippen molar-refractivity contribution in [3.8, 4) is 0 Å². The van der Waals surface area contributed by atoms with Crippen LogP contribution in [0.2, 0.25) is 0 Å². The molecule has 0 aromatic rings. The van der Waals surface area contributed by atoms with Gasteiger partial charge in [0.2, 0.25) is 0 Å². The Kier molecular flexibility index (Phi) is 11.6. The van der Waals surface area contributed by atoms with E-state index in [1.807, 2.05) is 26.0 Å². The zero-order chi connectivity index (χ0) is 18.5. The van der Waals surface area contributed by atoms with E-state index < -0.39 is 5.97 Å². The monoisotopic (exact) mass is 330 g/mol. The molecule has 1 N–H and O–H groups in total. The van der Waals surface area contributed by atoms with Crippen molar-refractivity contribution in [1.29, 1.82) is 0 Å². The van der Waals surface area contributed by atoms with Gasteiger partial charge in [-0.3, -0.25) is 0 Å². The molecular weight excluding hydrogens is 296 g/mol. The fraction of sp³-hybridized carbons (Fsp3) is 0.500. The van der Waals surface area contributed by atoms with Crippen LogP contribution < -0.4 is 0 Å². The van der Waals surface area contributed by atoms with Gasteiger partial charge >= 0.3 is 5.97 Å². The average Bonchev–Trinajstić information content (AvgIpc) is 2.47. The second kappa shape index (κ2) is 12.6. The molecule has 0 bridgehead atoms. The highest BCUT2D eigenvalue weighted by Crippen LogP contribution is 2.13. The molecule has 0 saturated carbocycles. The zero-order valence-electron chi connectivity index (χ0n) is 16.3. The van der Waals surface area contributed by atoms with Crippen LogP contribution in [0.1, 0.15) is 73.6 Å². The summed E-state index contributed by atoms with van der Waals surface area (Å²) < 4.78 is 0. The van der Waals surface area contributed by atoms with Crippen LogP contribution >= 0.6 is 0 Å². The summed E-state index contributed by atoms with van der Waals surface area (Å²) >= 11 is 0. The maximum atomic E-state index is 11.1. The van der Waals surface area contributed by atoms with Crippen LogP contribution in [0.25, 0.3) is 0 Å². The standard InChI is InChI=1S/C22H34O2/c1-7-21(22(23)24)20(6)16-10-15-19(5)14-9-13-18(4)12-8-11-17(2)3/h10-11,13,15-16H,7-9,12,14H2,1-6H3,(H,23,24). The van der Waals surface area contributed by atoms with E-state index in [2.05, 4.69) is 45.9 Å². The summed E-state index contributed by atoms with van der Waals surface area (Å²) in [4.78, 5) is 11.1. The average molecular weight is 331 g/mol. The molecule has 2 heteroatoms. The molecule has 0 unspecified atom stereocenters. The first-order valence-corrected chi connectivity index (χ1v) is 8.83. The summed E-state index contributed by atoms with van der Waals surface area (Å²) in [6.07, 6.45) is 15.4. The number of carboxylic acid groups (broad SMARTS) is 1. The first-order valence-electron chi connectivity index (χ1n) is 8.83. The Morgan fingerprint density at radius 2 is 1.50 bits per heavy atom. The van der Waals surface area contributed by atoms with E-state index in [0.717, 1.165) is 31.3 Å². The highest BCUT2D eigenvalue weighted by atomic mass is 16.4. The molecule has 0 rings (SSSR count). The Labute approximate surface area is 148 Å². The van der Waals surface area contributed by atoms with Gasteiger partial charge in [0, 0.05) is 5.57 Å². The van der Waals surface area contributed by atoms with Gasteiger partial charge in [-0.05, 0) is 72.3 Å². The lowest BCUT2D eigenvalue weighted by molar-refractivity contribution is -0.132. The van der Waals surface area contributed by atoms with Crippen molar-refractivity contribution in [2.24, 2.45) is 0 Å². The van der Waals surface area contributed by atoms with Gasteiger partial charge in [0.15, 0.2) is 0 Å². The van der Waals surface area contributed by atoms with Gasteiger partial charge in [-0.25, -0.2) is 4.79 Å². The van der Waals surface area contributed by atoms with Crippen molar-refractivity contribution < 1.29 is 9.90 Å². The summed E-state index contributed by atoms with van der Waals surface area (Å²) in [5, 5.41) is 9.09. The number of carboxylic acids is 1. The fourth-order valence-electron chi connectivity index (χ4n) is 2.38. The Morgan fingerprint density at radius 3 is 2.04 bits per heavy atom. The van der Waals surface area contributed by atoms with Crippen LogP contribution in [-0.4, -0.2) is 11.1 Å². The van der Waals surface area contributed by atoms with Gasteiger partial charge in [0.25, 0.3) is 0 Å². The number of aliphatic carboxylic acids is 1. The zero-order valence-corrected chi connectivity index (χ0v) is 16.3. The van der Waals surface area contributed by atoms with Crippen molar-refractivity contribution >= 4 is 5.97 Å². The SMILES string of the molecule is CCC(C(=O)O)=C(C)C=CC=C(C)CCC=C(C)CCC=C(C)C. The Balaban J connectivity index is 4.45. The number of hydrogen-bond acceptors (Lipinski definition) is 1. The van der Waals surface area contributed by atoms with Crippen molar-refractivity contribution in [1.82, 2.24) is 0 Å². The molecule has 0 radical (unpaired) electrons. The highest BCUT2D eigenvalue weighted by molar-refractivity contribution is 5.87. The molecule has 0 amide bonds. The molecule has 0 aromatic carbocycles. The largest absolute Gasteiger partial charge is 0.478 e. The summed E-state index contributed by atoms with van der Waals surface area (Å²) in [5.41, 5.74) is 5.44. The number of hydrogen-bond donors (Lipinski definition) is 1. The maximum Gasteiger partial charge on any atom is 0.331 e. The summed E-state index contributed by atoms with van der Waals surface area (Å²) in [7, 11) is 0. The molecule has 0 aliphatic heterocycles. The lowest BCUT2D eigenvalue weighted by Gasteiger charge is -2.01. The third-order valence-corrected chi connectivity index (χ3v) is 3.94. The van der Waals surface area contributed by atoms with Crippen molar-refractivity contribution in [3.05, 3.63) is 58.2 Å². The van der Waals surface area contributed by atoms with Crippen molar-refractivity contribution in [2.45, 2.75) is 73.6 Å². The molecule has 0 fully saturated rings. The smallest absolute Gasteiger partial charge is 0.331 e. The molecule has 0 aromatic heterocycles. The van der Waals surface area contributed by atoms with E-state index in [1.54, 1.807) is 0 Å². The molecule has 24 heavy (non-hydrogen) atoms. The molecule has 0 aliphatic rings. The maximum absolute atomic E-state index is 11.1. The normalized spacial score (nSPS) is 13.9. The van der Waals surface area contributed by atoms with Gasteiger partial charge < -0.3 is 5.11 Å². The Hall–Kier alpha value is -1.83. The highest BCUT2D eigenvalue weighted by Gasteiger charge is 2.06. The van der Waals surface area contributed by atoms with Crippen LogP contribution in [0.15, 0.2) is 58.2 Å². The molecule has 0 aliphatic carbocycles. The van der Waals surface area contributed by atoms with Crippen LogP contribution in [0.3, 0.4) is 0 Å². The summed E-state index contributed by atoms with van der Waals surface area (Å²) in [6, 6.07) is 0. The topological polar surface area (TPSA) is 37.3 Å². The van der Waals surface area contributed by atoms with E-state index in [1.165, 1.54) is 16.7 Å². The molecule has 0 saturated heterocycles. The minimum Gasteiger partial charge on any atom is -0.478 e. The third-order valence-electron chi connectivity index (χ3n) is 3.94. The van der Waals surface area contributed by atoms with Crippen molar-refractivity contribution in [3.63, 3.8) is 0 Å². The van der Waals surface area contributed by atoms with E-state index >= 15 is 0 Å². The predicted octanol–water partition coefficient (Wildman–Crippen LogP) is 6.77. The minimum absolute atomic E-state index is 0.479. The Morgan fingerprint density at radius 1 is 0.917 bits per heavy atom.